The van der Waals surface area contributed by atoms with Crippen molar-refractivity contribution in [3.8, 4) is 0 Å². The highest BCUT2D eigenvalue weighted by atomic mass is 16.2. The number of nitrogens with zero attached hydrogens (tertiary/aromatic N) is 1. The van der Waals surface area contributed by atoms with Crippen molar-refractivity contribution in [3.05, 3.63) is 35.4 Å². The number of carbonyl (C=O) groups is 2. The van der Waals surface area contributed by atoms with Crippen LogP contribution in [0.15, 0.2) is 24.3 Å². The maximum Gasteiger partial charge on any atom is 0.240 e. The van der Waals surface area contributed by atoms with Gasteiger partial charge in [-0.1, -0.05) is 52.0 Å². The van der Waals surface area contributed by atoms with E-state index in [4.69, 9.17) is 0 Å². The monoisotopic (exact) mass is 359 g/mol. The van der Waals surface area contributed by atoms with Crippen molar-refractivity contribution in [3.63, 3.8) is 0 Å². The first-order chi connectivity index (χ1) is 12.1. The van der Waals surface area contributed by atoms with Crippen molar-refractivity contribution in [2.45, 2.75) is 59.0 Å². The minimum absolute atomic E-state index is 0.0266. The van der Waals surface area contributed by atoms with Gasteiger partial charge in [-0.3, -0.25) is 14.5 Å². The summed E-state index contributed by atoms with van der Waals surface area (Å²) in [6, 6.07) is 8.46. The third kappa shape index (κ3) is 4.64. The second kappa shape index (κ2) is 8.21. The van der Waals surface area contributed by atoms with E-state index in [1.165, 1.54) is 5.56 Å². The first kappa shape index (κ1) is 20.4. The molecule has 0 saturated carbocycles. The van der Waals surface area contributed by atoms with Gasteiger partial charge in [-0.2, -0.15) is 0 Å². The number of hydrogen-bond acceptors (Lipinski definition) is 3. The molecule has 2 amide bonds. The van der Waals surface area contributed by atoms with E-state index in [1.807, 2.05) is 18.7 Å². The zero-order chi connectivity index (χ0) is 19.5. The average molecular weight is 360 g/mol. The Bertz CT molecular complexity index is 635. The molecule has 2 N–H and O–H groups in total. The molecule has 1 fully saturated rings. The summed E-state index contributed by atoms with van der Waals surface area (Å²) in [6.45, 7) is 13.8. The molecule has 26 heavy (non-hydrogen) atoms. The largest absolute Gasteiger partial charge is 0.353 e. The van der Waals surface area contributed by atoms with E-state index >= 15 is 0 Å². The molecule has 1 unspecified atom stereocenters. The fraction of sp³-hybridized carbons (Fsp3) is 0.619. The van der Waals surface area contributed by atoms with Crippen LogP contribution in [0.1, 0.15) is 64.6 Å². The number of hydrogen-bond donors (Lipinski definition) is 2. The fourth-order valence-corrected chi connectivity index (χ4v) is 3.34. The van der Waals surface area contributed by atoms with Gasteiger partial charge >= 0.3 is 0 Å². The third-order valence-corrected chi connectivity index (χ3v) is 5.29. The number of carbonyl (C=O) groups excluding carboxylic acids is 2. The van der Waals surface area contributed by atoms with E-state index in [0.717, 1.165) is 5.56 Å². The van der Waals surface area contributed by atoms with E-state index in [-0.39, 0.29) is 30.3 Å². The predicted molar refractivity (Wildman–Crippen MR) is 105 cm³/mol. The Morgan fingerprint density at radius 1 is 1.15 bits per heavy atom. The summed E-state index contributed by atoms with van der Waals surface area (Å²) < 4.78 is 0. The molecular weight excluding hydrogens is 326 g/mol. The maximum atomic E-state index is 12.7. The fourth-order valence-electron chi connectivity index (χ4n) is 3.34. The van der Waals surface area contributed by atoms with Gasteiger partial charge in [0.15, 0.2) is 0 Å². The molecule has 144 valence electrons. The molecule has 0 spiro atoms. The molecule has 0 aliphatic carbocycles. The summed E-state index contributed by atoms with van der Waals surface area (Å²) in [5, 5.41) is 6.03. The minimum atomic E-state index is -0.665. The molecule has 2 rings (SSSR count). The molecule has 5 nitrogen and oxygen atoms in total. The Kier molecular flexibility index (Phi) is 6.45. The van der Waals surface area contributed by atoms with Crippen molar-refractivity contribution < 1.29 is 9.59 Å². The predicted octanol–water partition coefficient (Wildman–Crippen LogP) is 2.83. The SMILES string of the molecule is CC(C)c1ccc(C(NC(=O)CN2CCNC(=O)C2(C)C)C(C)C)cc1. The van der Waals surface area contributed by atoms with Gasteiger partial charge in [-0.25, -0.2) is 0 Å². The molecule has 1 saturated heterocycles. The number of amides is 2. The van der Waals surface area contributed by atoms with Crippen molar-refractivity contribution >= 4 is 11.8 Å². The Balaban J connectivity index is 2.07. The van der Waals surface area contributed by atoms with Crippen LogP contribution in [-0.2, 0) is 9.59 Å². The van der Waals surface area contributed by atoms with Crippen molar-refractivity contribution in [1.29, 1.82) is 0 Å². The number of nitrogens with one attached hydrogen (secondary N) is 2. The van der Waals surface area contributed by atoms with Crippen LogP contribution in [0.2, 0.25) is 0 Å². The van der Waals surface area contributed by atoms with Crippen LogP contribution in [0.5, 0.6) is 0 Å². The van der Waals surface area contributed by atoms with Crippen LogP contribution in [-0.4, -0.2) is 41.9 Å². The summed E-state index contributed by atoms with van der Waals surface area (Å²) in [7, 11) is 0. The van der Waals surface area contributed by atoms with E-state index in [0.29, 0.717) is 19.0 Å². The molecule has 1 aliphatic heterocycles. The summed E-state index contributed by atoms with van der Waals surface area (Å²) >= 11 is 0. The first-order valence-corrected chi connectivity index (χ1v) is 9.55. The Morgan fingerprint density at radius 3 is 2.27 bits per heavy atom. The minimum Gasteiger partial charge on any atom is -0.353 e. The standard InChI is InChI=1S/C21H33N3O2/c1-14(2)16-7-9-17(10-8-16)19(15(3)4)23-18(25)13-24-12-11-22-20(26)21(24,5)6/h7-10,14-15,19H,11-13H2,1-6H3,(H,22,26)(H,23,25). The molecule has 1 aromatic carbocycles. The van der Waals surface area contributed by atoms with Crippen LogP contribution >= 0.6 is 0 Å². The van der Waals surface area contributed by atoms with Gasteiger partial charge in [0.05, 0.1) is 18.1 Å². The van der Waals surface area contributed by atoms with Crippen LogP contribution in [0.4, 0.5) is 0 Å². The van der Waals surface area contributed by atoms with Crippen LogP contribution in [0, 0.1) is 5.92 Å². The average Bonchev–Trinajstić information content (AvgIpc) is 2.57. The van der Waals surface area contributed by atoms with Gasteiger partial charge in [0.2, 0.25) is 11.8 Å². The molecule has 1 atom stereocenters. The van der Waals surface area contributed by atoms with E-state index in [2.05, 4.69) is 62.6 Å². The summed E-state index contributed by atoms with van der Waals surface area (Å²) in [6.07, 6.45) is 0. The topological polar surface area (TPSA) is 61.4 Å². The molecule has 1 heterocycles. The van der Waals surface area contributed by atoms with Crippen LogP contribution < -0.4 is 10.6 Å². The lowest BCUT2D eigenvalue weighted by Gasteiger charge is -2.40. The molecule has 1 aliphatic rings. The lowest BCUT2D eigenvalue weighted by molar-refractivity contribution is -0.137. The summed E-state index contributed by atoms with van der Waals surface area (Å²) in [5.74, 6) is 0.700. The van der Waals surface area contributed by atoms with Gasteiger partial charge < -0.3 is 10.6 Å². The second-order valence-corrected chi connectivity index (χ2v) is 8.35. The quantitative estimate of drug-likeness (QED) is 0.821. The summed E-state index contributed by atoms with van der Waals surface area (Å²) in [4.78, 5) is 26.7. The van der Waals surface area contributed by atoms with Gasteiger partial charge in [-0.05, 0) is 36.8 Å². The van der Waals surface area contributed by atoms with E-state index < -0.39 is 5.54 Å². The number of piperazine rings is 1. The van der Waals surface area contributed by atoms with E-state index in [1.54, 1.807) is 0 Å². The molecule has 1 aromatic rings. The van der Waals surface area contributed by atoms with Gasteiger partial charge in [0.25, 0.3) is 0 Å². The molecule has 0 aromatic heterocycles. The van der Waals surface area contributed by atoms with Crippen LogP contribution in [0.3, 0.4) is 0 Å². The zero-order valence-corrected chi connectivity index (χ0v) is 16.9. The zero-order valence-electron chi connectivity index (χ0n) is 16.9. The van der Waals surface area contributed by atoms with Gasteiger partial charge in [-0.15, -0.1) is 0 Å². The lowest BCUT2D eigenvalue weighted by atomic mass is 9.93. The highest BCUT2D eigenvalue weighted by Gasteiger charge is 2.38. The molecule has 0 bridgehead atoms. The van der Waals surface area contributed by atoms with Crippen molar-refractivity contribution in [2.24, 2.45) is 5.92 Å². The van der Waals surface area contributed by atoms with E-state index in [9.17, 15) is 9.59 Å². The molecule has 0 radical (unpaired) electrons. The van der Waals surface area contributed by atoms with Gasteiger partial charge in [0, 0.05) is 13.1 Å². The second-order valence-electron chi connectivity index (χ2n) is 8.35. The lowest BCUT2D eigenvalue weighted by Crippen LogP contribution is -2.63. The summed E-state index contributed by atoms with van der Waals surface area (Å²) in [5.41, 5.74) is 1.75. The maximum absolute atomic E-state index is 12.7. The molecular formula is C21H33N3O2. The first-order valence-electron chi connectivity index (χ1n) is 9.55. The van der Waals surface area contributed by atoms with Gasteiger partial charge in [0.1, 0.15) is 0 Å². The number of benzene rings is 1. The van der Waals surface area contributed by atoms with Crippen molar-refractivity contribution in [2.75, 3.05) is 19.6 Å². The van der Waals surface area contributed by atoms with Crippen LogP contribution in [0.25, 0.3) is 0 Å². The molecule has 5 heteroatoms. The Labute approximate surface area is 157 Å². The normalized spacial score (nSPS) is 18.7. The highest BCUT2D eigenvalue weighted by molar-refractivity contribution is 5.87. The highest BCUT2D eigenvalue weighted by Crippen LogP contribution is 2.24. The third-order valence-electron chi connectivity index (χ3n) is 5.29. The Morgan fingerprint density at radius 2 is 1.73 bits per heavy atom. The number of rotatable bonds is 6. The Hall–Kier alpha value is -1.88. The van der Waals surface area contributed by atoms with Crippen molar-refractivity contribution in [1.82, 2.24) is 15.5 Å². The smallest absolute Gasteiger partial charge is 0.240 e.